The number of benzene rings is 3. The Labute approximate surface area is 223 Å². The van der Waals surface area contributed by atoms with E-state index >= 15 is 0 Å². The summed E-state index contributed by atoms with van der Waals surface area (Å²) in [7, 11) is 0. The Morgan fingerprint density at radius 1 is 0.974 bits per heavy atom. The van der Waals surface area contributed by atoms with Gasteiger partial charge in [-0.05, 0) is 43.3 Å². The summed E-state index contributed by atoms with van der Waals surface area (Å²) in [5, 5.41) is 13.7. The van der Waals surface area contributed by atoms with Crippen LogP contribution in [0.3, 0.4) is 0 Å². The second-order valence-corrected chi connectivity index (χ2v) is 8.88. The van der Waals surface area contributed by atoms with Crippen LogP contribution in [0.25, 0.3) is 0 Å². The fourth-order valence-electron chi connectivity index (χ4n) is 4.16. The number of non-ortho nitro benzene ring substituents is 1. The number of hydrogen-bond acceptors (Lipinski definition) is 7. The molecule has 1 N–H and O–H groups in total. The van der Waals surface area contributed by atoms with Crippen LogP contribution in [0.4, 0.5) is 17.1 Å². The zero-order chi connectivity index (χ0) is 27.2. The lowest BCUT2D eigenvalue weighted by molar-refractivity contribution is -0.384. The van der Waals surface area contributed by atoms with Crippen molar-refractivity contribution in [3.05, 3.63) is 98.6 Å². The fourth-order valence-corrected chi connectivity index (χ4v) is 4.42. The number of amides is 2. The van der Waals surface area contributed by atoms with Crippen molar-refractivity contribution in [3.8, 4) is 0 Å². The largest absolute Gasteiger partial charge is 0.462 e. The number of piperazine rings is 1. The first-order valence-corrected chi connectivity index (χ1v) is 12.3. The first-order chi connectivity index (χ1) is 18.3. The molecule has 1 saturated heterocycles. The molecule has 3 aromatic rings. The number of nitro groups is 1. The van der Waals surface area contributed by atoms with Gasteiger partial charge in [0.15, 0.2) is 0 Å². The van der Waals surface area contributed by atoms with Crippen LogP contribution in [0, 0.1) is 10.1 Å². The van der Waals surface area contributed by atoms with Crippen LogP contribution in [0.1, 0.15) is 38.0 Å². The van der Waals surface area contributed by atoms with E-state index in [9.17, 15) is 24.5 Å². The fraction of sp³-hybridized carbons (Fsp3) is 0.222. The van der Waals surface area contributed by atoms with E-state index in [4.69, 9.17) is 16.3 Å². The highest BCUT2D eigenvalue weighted by atomic mass is 35.5. The number of nitro benzene ring substituents is 1. The summed E-state index contributed by atoms with van der Waals surface area (Å²) in [6.07, 6.45) is 0. The van der Waals surface area contributed by atoms with Gasteiger partial charge >= 0.3 is 5.97 Å². The number of nitrogens with zero attached hydrogens (tertiary/aromatic N) is 3. The molecule has 196 valence electrons. The van der Waals surface area contributed by atoms with Gasteiger partial charge in [0, 0.05) is 43.9 Å². The van der Waals surface area contributed by atoms with E-state index in [1.54, 1.807) is 36.1 Å². The third kappa shape index (κ3) is 5.92. The number of carbonyl (C=O) groups excluding carboxylic acids is 3. The zero-order valence-electron chi connectivity index (χ0n) is 20.6. The molecule has 1 heterocycles. The summed E-state index contributed by atoms with van der Waals surface area (Å²) in [5.74, 6) is -1.18. The van der Waals surface area contributed by atoms with E-state index in [0.29, 0.717) is 43.1 Å². The molecule has 0 saturated carbocycles. The Morgan fingerprint density at radius 2 is 1.68 bits per heavy atom. The van der Waals surface area contributed by atoms with Crippen molar-refractivity contribution in [1.82, 2.24) is 4.90 Å². The molecule has 3 aromatic carbocycles. The van der Waals surface area contributed by atoms with Crippen molar-refractivity contribution in [2.24, 2.45) is 0 Å². The van der Waals surface area contributed by atoms with Crippen molar-refractivity contribution >= 4 is 46.4 Å². The van der Waals surface area contributed by atoms with Crippen molar-refractivity contribution in [2.45, 2.75) is 6.92 Å². The highest BCUT2D eigenvalue weighted by molar-refractivity contribution is 6.34. The monoisotopic (exact) mass is 536 g/mol. The van der Waals surface area contributed by atoms with Gasteiger partial charge in [0.1, 0.15) is 0 Å². The minimum absolute atomic E-state index is 0.0445. The Morgan fingerprint density at radius 3 is 2.32 bits per heavy atom. The van der Waals surface area contributed by atoms with Crippen LogP contribution < -0.4 is 10.2 Å². The molecule has 10 nitrogen and oxygen atoms in total. The molecular weight excluding hydrogens is 512 g/mol. The van der Waals surface area contributed by atoms with Crippen LogP contribution in [0.2, 0.25) is 5.02 Å². The smallest absolute Gasteiger partial charge is 0.338 e. The van der Waals surface area contributed by atoms with Gasteiger partial charge in [0.05, 0.1) is 39.1 Å². The van der Waals surface area contributed by atoms with Crippen molar-refractivity contribution in [1.29, 1.82) is 0 Å². The number of hydrogen-bond donors (Lipinski definition) is 1. The predicted octanol–water partition coefficient (Wildman–Crippen LogP) is 4.64. The van der Waals surface area contributed by atoms with Crippen molar-refractivity contribution < 1.29 is 24.0 Å². The van der Waals surface area contributed by atoms with Crippen LogP contribution >= 0.6 is 11.6 Å². The molecule has 0 unspecified atom stereocenters. The summed E-state index contributed by atoms with van der Waals surface area (Å²) >= 11 is 6.15. The normalized spacial score (nSPS) is 13.1. The maximum Gasteiger partial charge on any atom is 0.338 e. The molecule has 1 fully saturated rings. The molecule has 0 bridgehead atoms. The lowest BCUT2D eigenvalue weighted by Crippen LogP contribution is -2.49. The molecule has 0 aromatic heterocycles. The highest BCUT2D eigenvalue weighted by Crippen LogP contribution is 2.31. The van der Waals surface area contributed by atoms with Crippen LogP contribution in [-0.4, -0.2) is 60.4 Å². The van der Waals surface area contributed by atoms with Gasteiger partial charge < -0.3 is 19.9 Å². The van der Waals surface area contributed by atoms with Gasteiger partial charge in [-0.15, -0.1) is 0 Å². The third-order valence-electron chi connectivity index (χ3n) is 6.09. The minimum Gasteiger partial charge on any atom is -0.462 e. The third-order valence-corrected chi connectivity index (χ3v) is 6.41. The average Bonchev–Trinajstić information content (AvgIpc) is 2.93. The summed E-state index contributed by atoms with van der Waals surface area (Å²) in [5.41, 5.74) is 1.67. The Hall–Kier alpha value is -4.44. The molecule has 2 amide bonds. The summed E-state index contributed by atoms with van der Waals surface area (Å²) in [4.78, 5) is 52.5. The first-order valence-electron chi connectivity index (χ1n) is 11.9. The summed E-state index contributed by atoms with van der Waals surface area (Å²) < 4.78 is 5.10. The van der Waals surface area contributed by atoms with E-state index in [-0.39, 0.29) is 34.4 Å². The second-order valence-electron chi connectivity index (χ2n) is 8.47. The molecular formula is C27H25ClN4O6. The topological polar surface area (TPSA) is 122 Å². The SMILES string of the molecule is CCOC(=O)c1ccc(N2CCN(C(=O)c3ccccc3)CC2)c(NC(=O)c2ccc([N+](=O)[O-])cc2Cl)c1. The maximum absolute atomic E-state index is 13.1. The predicted molar refractivity (Wildman–Crippen MR) is 143 cm³/mol. The quantitative estimate of drug-likeness (QED) is 0.265. The molecule has 0 radical (unpaired) electrons. The lowest BCUT2D eigenvalue weighted by atomic mass is 10.1. The minimum atomic E-state index is -0.601. The molecule has 11 heteroatoms. The van der Waals surface area contributed by atoms with Gasteiger partial charge in [-0.25, -0.2) is 4.79 Å². The van der Waals surface area contributed by atoms with Crippen molar-refractivity contribution in [2.75, 3.05) is 43.0 Å². The van der Waals surface area contributed by atoms with Crippen LogP contribution in [-0.2, 0) is 4.74 Å². The zero-order valence-corrected chi connectivity index (χ0v) is 21.3. The lowest BCUT2D eigenvalue weighted by Gasteiger charge is -2.37. The molecule has 38 heavy (non-hydrogen) atoms. The number of ether oxygens (including phenoxy) is 1. The highest BCUT2D eigenvalue weighted by Gasteiger charge is 2.25. The second kappa shape index (κ2) is 11.7. The van der Waals surface area contributed by atoms with Gasteiger partial charge in [-0.2, -0.15) is 0 Å². The number of esters is 1. The molecule has 0 aliphatic carbocycles. The van der Waals surface area contributed by atoms with Crippen molar-refractivity contribution in [3.63, 3.8) is 0 Å². The molecule has 1 aliphatic rings. The Bertz CT molecular complexity index is 1370. The van der Waals surface area contributed by atoms with E-state index in [1.165, 1.54) is 18.2 Å². The molecule has 0 spiro atoms. The first kappa shape index (κ1) is 26.6. The van der Waals surface area contributed by atoms with Crippen LogP contribution in [0.5, 0.6) is 0 Å². The summed E-state index contributed by atoms with van der Waals surface area (Å²) in [6.45, 7) is 3.82. The van der Waals surface area contributed by atoms with Gasteiger partial charge in [-0.1, -0.05) is 29.8 Å². The maximum atomic E-state index is 13.1. The average molecular weight is 537 g/mol. The molecule has 4 rings (SSSR count). The van der Waals surface area contributed by atoms with Gasteiger partial charge in [0.25, 0.3) is 17.5 Å². The number of carbonyl (C=O) groups is 3. The Balaban J connectivity index is 1.57. The standard InChI is InChI=1S/C27H25ClN4O6/c1-2-38-27(35)19-8-11-24(30-12-14-31(15-13-30)26(34)18-6-4-3-5-7-18)23(16-19)29-25(33)21-10-9-20(32(36)37)17-22(21)28/h3-11,16-17H,2,12-15H2,1H3,(H,29,33). The molecule has 1 aliphatic heterocycles. The number of rotatable bonds is 7. The van der Waals surface area contributed by atoms with Gasteiger partial charge in [0.2, 0.25) is 0 Å². The number of halogens is 1. The number of nitrogens with one attached hydrogen (secondary N) is 1. The van der Waals surface area contributed by atoms with Gasteiger partial charge in [-0.3, -0.25) is 19.7 Å². The van der Waals surface area contributed by atoms with E-state index in [0.717, 1.165) is 6.07 Å². The molecule has 0 atom stereocenters. The van der Waals surface area contributed by atoms with E-state index < -0.39 is 16.8 Å². The van der Waals surface area contributed by atoms with Crippen LogP contribution in [0.15, 0.2) is 66.7 Å². The summed E-state index contributed by atoms with van der Waals surface area (Å²) in [6, 6.07) is 17.5. The van der Waals surface area contributed by atoms with E-state index in [1.807, 2.05) is 23.1 Å². The Kier molecular flexibility index (Phi) is 8.22. The number of anilines is 2. The van der Waals surface area contributed by atoms with E-state index in [2.05, 4.69) is 5.32 Å².